The maximum atomic E-state index is 2.39. The van der Waals surface area contributed by atoms with E-state index in [1.807, 2.05) is 0 Å². The van der Waals surface area contributed by atoms with Gasteiger partial charge < -0.3 is 9.47 Å². The van der Waals surface area contributed by atoms with Gasteiger partial charge in [-0.05, 0) is 166 Å². The van der Waals surface area contributed by atoms with Crippen LogP contribution in [0.3, 0.4) is 0 Å². The molecule has 0 aliphatic carbocycles. The minimum atomic E-state index is 0.0685. The Hall–Kier alpha value is -8.72. The van der Waals surface area contributed by atoms with Crippen LogP contribution in [0.25, 0.3) is 71.6 Å². The van der Waals surface area contributed by atoms with Gasteiger partial charge in [0, 0.05) is 38.9 Å². The van der Waals surface area contributed by atoms with Crippen LogP contribution in [0.1, 0.15) is 47.2 Å². The molecule has 1 aromatic heterocycles. The van der Waals surface area contributed by atoms with Crippen molar-refractivity contribution in [2.45, 2.75) is 47.0 Å². The SMILES string of the molecule is Cc1ccc(C(C)(C)c2ccccc2C)cc1.Cc1ccccc1-c1cc(-c2ccc(N(c3ccc(-c4ccccc4)cc3)c3ccc4c(c3)c3ccccc3n4-c3ccccc3)cc2)c2ccccc2c1C. The fourth-order valence-electron chi connectivity index (χ4n) is 10.9. The normalized spacial score (nSPS) is 11.4. The highest BCUT2D eigenvalue weighted by atomic mass is 15.1. The van der Waals surface area contributed by atoms with Crippen molar-refractivity contribution in [1.82, 2.24) is 4.57 Å². The van der Waals surface area contributed by atoms with Crippen molar-refractivity contribution < 1.29 is 0 Å². The minimum Gasteiger partial charge on any atom is -0.310 e. The van der Waals surface area contributed by atoms with Crippen LogP contribution < -0.4 is 4.90 Å². The summed E-state index contributed by atoms with van der Waals surface area (Å²) >= 11 is 0. The van der Waals surface area contributed by atoms with Crippen LogP contribution in [0.15, 0.2) is 255 Å². The van der Waals surface area contributed by atoms with Gasteiger partial charge in [0.25, 0.3) is 0 Å². The van der Waals surface area contributed by atoms with Crippen LogP contribution in [0.2, 0.25) is 0 Å². The van der Waals surface area contributed by atoms with Crippen LogP contribution in [0, 0.1) is 27.7 Å². The molecule has 0 bridgehead atoms. The summed E-state index contributed by atoms with van der Waals surface area (Å²) in [5.41, 5.74) is 22.4. The highest BCUT2D eigenvalue weighted by molar-refractivity contribution is 6.11. The molecule has 73 heavy (non-hydrogen) atoms. The Morgan fingerprint density at radius 2 is 0.863 bits per heavy atom. The Morgan fingerprint density at radius 1 is 0.342 bits per heavy atom. The third-order valence-corrected chi connectivity index (χ3v) is 14.9. The van der Waals surface area contributed by atoms with E-state index in [4.69, 9.17) is 0 Å². The van der Waals surface area contributed by atoms with Crippen molar-refractivity contribution in [3.63, 3.8) is 0 Å². The van der Waals surface area contributed by atoms with Crippen LogP contribution in [0.4, 0.5) is 17.1 Å². The molecule has 1 heterocycles. The zero-order valence-corrected chi connectivity index (χ0v) is 42.6. The molecule has 12 aromatic rings. The standard InChI is InChI=1S/C54H40N2.C17H20/c1-37-15-9-10-20-46(37)50-36-51(48-22-12-11-21-47(48)38(50)2)41-27-31-44(32-28-41)55(43-29-25-40(26-30-43)39-16-5-3-6-17-39)45-33-34-54-52(35-45)49-23-13-14-24-53(49)56(54)42-18-7-4-8-19-42;1-13-9-11-15(12-10-13)17(3,4)16-8-6-5-7-14(16)2/h3-36H,1-2H3;5-12H,1-4H3. The van der Waals surface area contributed by atoms with Crippen molar-refractivity contribution in [3.05, 3.63) is 288 Å². The van der Waals surface area contributed by atoms with E-state index in [0.29, 0.717) is 0 Å². The Bertz CT molecular complexity index is 3880. The van der Waals surface area contributed by atoms with E-state index < -0.39 is 0 Å². The number of nitrogens with zero attached hydrogens (tertiary/aromatic N) is 2. The van der Waals surface area contributed by atoms with E-state index in [2.05, 4.69) is 306 Å². The molecule has 0 aliphatic rings. The predicted octanol–water partition coefficient (Wildman–Crippen LogP) is 19.7. The second kappa shape index (κ2) is 19.8. The summed E-state index contributed by atoms with van der Waals surface area (Å²) in [5.74, 6) is 0. The number of aryl methyl sites for hydroxylation is 4. The smallest absolute Gasteiger partial charge is 0.0542 e. The summed E-state index contributed by atoms with van der Waals surface area (Å²) in [6.07, 6.45) is 0. The molecule has 0 spiro atoms. The van der Waals surface area contributed by atoms with E-state index in [9.17, 15) is 0 Å². The lowest BCUT2D eigenvalue weighted by Crippen LogP contribution is -2.20. The van der Waals surface area contributed by atoms with Gasteiger partial charge in [-0.3, -0.25) is 0 Å². The maximum Gasteiger partial charge on any atom is 0.0542 e. The number of para-hydroxylation sites is 2. The van der Waals surface area contributed by atoms with Crippen molar-refractivity contribution >= 4 is 49.6 Å². The van der Waals surface area contributed by atoms with Gasteiger partial charge in [-0.2, -0.15) is 0 Å². The van der Waals surface area contributed by atoms with Crippen LogP contribution >= 0.6 is 0 Å². The van der Waals surface area contributed by atoms with Crippen molar-refractivity contribution in [1.29, 1.82) is 0 Å². The maximum absolute atomic E-state index is 2.39. The third kappa shape index (κ3) is 9.02. The highest BCUT2D eigenvalue weighted by Gasteiger charge is 2.24. The zero-order valence-electron chi connectivity index (χ0n) is 42.6. The molecule has 0 unspecified atom stereocenters. The zero-order chi connectivity index (χ0) is 50.1. The van der Waals surface area contributed by atoms with Crippen molar-refractivity contribution in [2.24, 2.45) is 0 Å². The number of rotatable bonds is 9. The first-order valence-corrected chi connectivity index (χ1v) is 25.5. The quantitative estimate of drug-likeness (QED) is 0.140. The topological polar surface area (TPSA) is 8.17 Å². The molecule has 0 saturated heterocycles. The Labute approximate surface area is 431 Å². The molecule has 0 fully saturated rings. The highest BCUT2D eigenvalue weighted by Crippen LogP contribution is 2.43. The summed E-state index contributed by atoms with van der Waals surface area (Å²) in [6, 6.07) is 92.4. The van der Waals surface area contributed by atoms with Gasteiger partial charge in [-0.1, -0.05) is 207 Å². The van der Waals surface area contributed by atoms with E-state index in [0.717, 1.165) is 22.7 Å². The van der Waals surface area contributed by atoms with Gasteiger partial charge in [0.2, 0.25) is 0 Å². The van der Waals surface area contributed by atoms with Gasteiger partial charge in [-0.15, -0.1) is 0 Å². The molecule has 0 atom stereocenters. The molecular formula is C71H60N2. The lowest BCUT2D eigenvalue weighted by molar-refractivity contribution is 0.636. The molecule has 2 heteroatoms. The number of fused-ring (bicyclic) bond motifs is 4. The molecule has 0 saturated carbocycles. The molecule has 12 rings (SSSR count). The average Bonchev–Trinajstić information content (AvgIpc) is 3.77. The van der Waals surface area contributed by atoms with E-state index in [1.54, 1.807) is 0 Å². The molecular weight excluding hydrogens is 881 g/mol. The summed E-state index contributed by atoms with van der Waals surface area (Å²) in [6.45, 7) is 13.4. The van der Waals surface area contributed by atoms with Crippen molar-refractivity contribution in [2.75, 3.05) is 4.90 Å². The largest absolute Gasteiger partial charge is 0.310 e. The number of hydrogen-bond donors (Lipinski definition) is 0. The lowest BCUT2D eigenvalue weighted by Gasteiger charge is -2.28. The molecule has 0 N–H and O–H groups in total. The van der Waals surface area contributed by atoms with E-state index in [1.165, 1.54) is 99.3 Å². The van der Waals surface area contributed by atoms with Crippen LogP contribution in [0.5, 0.6) is 0 Å². The summed E-state index contributed by atoms with van der Waals surface area (Å²) in [7, 11) is 0. The molecule has 0 amide bonds. The van der Waals surface area contributed by atoms with Gasteiger partial charge in [0.15, 0.2) is 0 Å². The second-order valence-corrected chi connectivity index (χ2v) is 19.9. The minimum absolute atomic E-state index is 0.0685. The summed E-state index contributed by atoms with van der Waals surface area (Å²) in [4.78, 5) is 2.39. The number of aromatic nitrogens is 1. The van der Waals surface area contributed by atoms with Gasteiger partial charge >= 0.3 is 0 Å². The van der Waals surface area contributed by atoms with Gasteiger partial charge in [0.1, 0.15) is 0 Å². The first-order chi connectivity index (χ1) is 35.6. The molecule has 11 aromatic carbocycles. The van der Waals surface area contributed by atoms with Crippen molar-refractivity contribution in [3.8, 4) is 39.1 Å². The van der Waals surface area contributed by atoms with Gasteiger partial charge in [-0.25, -0.2) is 0 Å². The van der Waals surface area contributed by atoms with E-state index >= 15 is 0 Å². The van der Waals surface area contributed by atoms with Gasteiger partial charge in [0.05, 0.1) is 11.0 Å². The van der Waals surface area contributed by atoms with E-state index in [-0.39, 0.29) is 5.41 Å². The number of benzene rings is 11. The number of anilines is 3. The monoisotopic (exact) mass is 940 g/mol. The Kier molecular flexibility index (Phi) is 12.7. The first-order valence-electron chi connectivity index (χ1n) is 25.5. The summed E-state index contributed by atoms with van der Waals surface area (Å²) in [5, 5.41) is 5.01. The van der Waals surface area contributed by atoms with Crippen LogP contribution in [-0.2, 0) is 5.41 Å². The second-order valence-electron chi connectivity index (χ2n) is 19.9. The molecule has 0 aliphatic heterocycles. The summed E-state index contributed by atoms with van der Waals surface area (Å²) < 4.78 is 2.37. The predicted molar refractivity (Wildman–Crippen MR) is 313 cm³/mol. The molecule has 2 nitrogen and oxygen atoms in total. The van der Waals surface area contributed by atoms with Crippen LogP contribution in [-0.4, -0.2) is 4.57 Å². The Morgan fingerprint density at radius 3 is 1.53 bits per heavy atom. The molecule has 354 valence electrons. The Balaban J connectivity index is 0.000000287. The first kappa shape index (κ1) is 46.7. The number of hydrogen-bond acceptors (Lipinski definition) is 1. The fraction of sp³-hybridized carbons (Fsp3) is 0.0986. The third-order valence-electron chi connectivity index (χ3n) is 14.9. The molecule has 0 radical (unpaired) electrons. The lowest BCUT2D eigenvalue weighted by atomic mass is 9.76. The average molecular weight is 941 g/mol. The fourth-order valence-corrected chi connectivity index (χ4v) is 10.9.